The van der Waals surface area contributed by atoms with Crippen molar-refractivity contribution < 1.29 is 29.3 Å². The van der Waals surface area contributed by atoms with E-state index < -0.39 is 0 Å². The predicted molar refractivity (Wildman–Crippen MR) is 315 cm³/mol. The zero-order valence-electron chi connectivity index (χ0n) is 50.5. The summed E-state index contributed by atoms with van der Waals surface area (Å²) in [6.07, 6.45) is 42.8. The Morgan fingerprint density at radius 1 is 0.384 bits per heavy atom. The monoisotopic (exact) mass is 1020 g/mol. The lowest BCUT2D eigenvalue weighted by Gasteiger charge is -2.29. The third-order valence-corrected chi connectivity index (χ3v) is 15.1. The quantitative estimate of drug-likeness (QED) is 0.0514. The Kier molecular flexibility index (Phi) is 35.9. The van der Waals surface area contributed by atoms with Gasteiger partial charge in [-0.1, -0.05) is 293 Å². The van der Waals surface area contributed by atoms with E-state index in [-0.39, 0.29) is 40.0 Å². The van der Waals surface area contributed by atoms with Gasteiger partial charge in [-0.05, 0) is 83.2 Å². The average molecular weight is 1020 g/mol. The van der Waals surface area contributed by atoms with Crippen LogP contribution in [0, 0.1) is 6.92 Å². The van der Waals surface area contributed by atoms with Gasteiger partial charge in [0, 0.05) is 0 Å². The second-order valence-electron chi connectivity index (χ2n) is 25.3. The number of aryl methyl sites for hydroxylation is 1. The molecule has 422 valence electrons. The standard InChI is InChI=1S/C35H62O3.C32H56O3/c1-9-10-11-12-13-14-15-16-17-18-19-20-21-22-23-24-25-38-33(37)28(2)29-26-30(34(3,4)5)32(36)31(27-29)35(6,7)8;1-7-8-9-10-11-12-13-14-15-16-17-18-19-20-21-22-23-35-31(34)27(3)28-24-26(2)30(33)29(25-28)32(4,5)6/h26-28,36H,9-25H2,1-8H3;24-25,27,33H,7-23H2,1-6H3. The number of rotatable bonds is 38. The molecule has 0 amide bonds. The molecule has 0 fully saturated rings. The molecule has 2 atom stereocenters. The first-order chi connectivity index (χ1) is 34.6. The minimum absolute atomic E-state index is 0.170. The van der Waals surface area contributed by atoms with Gasteiger partial charge in [0.15, 0.2) is 0 Å². The maximum Gasteiger partial charge on any atom is 0.313 e. The Labute approximate surface area is 452 Å². The van der Waals surface area contributed by atoms with E-state index in [1.807, 2.05) is 45.0 Å². The molecule has 73 heavy (non-hydrogen) atoms. The Hall–Kier alpha value is -3.02. The van der Waals surface area contributed by atoms with Crippen molar-refractivity contribution in [3.63, 3.8) is 0 Å². The molecule has 0 saturated heterocycles. The number of carbonyl (C=O) groups is 2. The summed E-state index contributed by atoms with van der Waals surface area (Å²) in [6, 6.07) is 7.85. The topological polar surface area (TPSA) is 93.1 Å². The van der Waals surface area contributed by atoms with Crippen LogP contribution in [0.25, 0.3) is 0 Å². The minimum Gasteiger partial charge on any atom is -0.507 e. The van der Waals surface area contributed by atoms with Gasteiger partial charge in [0.25, 0.3) is 0 Å². The van der Waals surface area contributed by atoms with Crippen LogP contribution in [0.2, 0.25) is 0 Å². The summed E-state index contributed by atoms with van der Waals surface area (Å²) in [7, 11) is 0. The van der Waals surface area contributed by atoms with E-state index in [1.54, 1.807) is 0 Å². The van der Waals surface area contributed by atoms with Crippen molar-refractivity contribution in [2.24, 2.45) is 0 Å². The summed E-state index contributed by atoms with van der Waals surface area (Å²) in [5.74, 6) is -0.333. The van der Waals surface area contributed by atoms with Crippen LogP contribution in [0.15, 0.2) is 24.3 Å². The fraction of sp³-hybridized carbons (Fsp3) is 0.791. The molecule has 0 heterocycles. The molecule has 0 spiro atoms. The molecular formula is C67H118O6. The third kappa shape index (κ3) is 30.3. The van der Waals surface area contributed by atoms with Crippen LogP contribution in [0.4, 0.5) is 0 Å². The summed E-state index contributed by atoms with van der Waals surface area (Å²) in [5.41, 5.74) is 4.71. The fourth-order valence-electron chi connectivity index (χ4n) is 9.85. The first-order valence-electron chi connectivity index (χ1n) is 30.6. The molecule has 0 aromatic heterocycles. The third-order valence-electron chi connectivity index (χ3n) is 15.1. The molecule has 0 aliphatic heterocycles. The van der Waals surface area contributed by atoms with Crippen LogP contribution >= 0.6 is 0 Å². The molecule has 6 heteroatoms. The Bertz CT molecular complexity index is 1700. The highest BCUT2D eigenvalue weighted by molar-refractivity contribution is 5.79. The number of carbonyl (C=O) groups excluding carboxylic acids is 2. The average Bonchev–Trinajstić information content (AvgIpc) is 3.32. The Morgan fingerprint density at radius 2 is 0.603 bits per heavy atom. The van der Waals surface area contributed by atoms with E-state index in [1.165, 1.54) is 180 Å². The van der Waals surface area contributed by atoms with Crippen molar-refractivity contribution in [1.82, 2.24) is 0 Å². The molecule has 0 bridgehead atoms. The van der Waals surface area contributed by atoms with Gasteiger partial charge in [0.1, 0.15) is 11.5 Å². The van der Waals surface area contributed by atoms with Crippen molar-refractivity contribution >= 4 is 11.9 Å². The Balaban J connectivity index is 0.000000732. The molecule has 0 aliphatic carbocycles. The molecular weight excluding hydrogens is 901 g/mol. The highest BCUT2D eigenvalue weighted by atomic mass is 16.5. The van der Waals surface area contributed by atoms with Crippen molar-refractivity contribution in [2.45, 2.75) is 330 Å². The van der Waals surface area contributed by atoms with E-state index in [9.17, 15) is 19.8 Å². The molecule has 2 N–H and O–H groups in total. The van der Waals surface area contributed by atoms with Gasteiger partial charge in [-0.25, -0.2) is 0 Å². The van der Waals surface area contributed by atoms with Crippen LogP contribution in [-0.4, -0.2) is 35.4 Å². The van der Waals surface area contributed by atoms with E-state index in [0.717, 1.165) is 59.1 Å². The van der Waals surface area contributed by atoms with Gasteiger partial charge in [-0.3, -0.25) is 9.59 Å². The van der Waals surface area contributed by atoms with E-state index in [2.05, 4.69) is 76.2 Å². The van der Waals surface area contributed by atoms with Crippen molar-refractivity contribution in [3.8, 4) is 11.5 Å². The summed E-state index contributed by atoms with van der Waals surface area (Å²) < 4.78 is 11.2. The molecule has 0 saturated carbocycles. The normalized spacial score (nSPS) is 12.8. The summed E-state index contributed by atoms with van der Waals surface area (Å²) in [6.45, 7) is 30.1. The number of benzene rings is 2. The molecule has 2 unspecified atom stereocenters. The number of aromatic hydroxyl groups is 2. The summed E-state index contributed by atoms with van der Waals surface area (Å²) >= 11 is 0. The SMILES string of the molecule is CCCCCCCCCCCCCCCCCCOC(=O)C(C)c1cc(C(C)(C)C)c(O)c(C(C)(C)C)c1.CCCCCCCCCCCCCCCCCCOC(=O)C(C)c1cc(C)c(O)c(C(C)(C)C)c1. The van der Waals surface area contributed by atoms with Crippen molar-refractivity contribution in [1.29, 1.82) is 0 Å². The zero-order valence-corrected chi connectivity index (χ0v) is 50.5. The minimum atomic E-state index is -0.348. The van der Waals surface area contributed by atoms with E-state index >= 15 is 0 Å². The first-order valence-corrected chi connectivity index (χ1v) is 30.6. The second kappa shape index (κ2) is 38.5. The van der Waals surface area contributed by atoms with Crippen LogP contribution in [0.5, 0.6) is 11.5 Å². The maximum absolute atomic E-state index is 12.8. The predicted octanol–water partition coefficient (Wildman–Crippen LogP) is 20.8. The van der Waals surface area contributed by atoms with Gasteiger partial charge in [-0.2, -0.15) is 0 Å². The van der Waals surface area contributed by atoms with Gasteiger partial charge in [0.05, 0.1) is 25.0 Å². The smallest absolute Gasteiger partial charge is 0.313 e. The molecule has 2 rings (SSSR count). The zero-order chi connectivity index (χ0) is 54.7. The van der Waals surface area contributed by atoms with Crippen LogP contribution in [0.3, 0.4) is 0 Å². The van der Waals surface area contributed by atoms with Crippen molar-refractivity contribution in [3.05, 3.63) is 57.6 Å². The number of ether oxygens (including phenoxy) is 2. The lowest BCUT2D eigenvalue weighted by atomic mass is 9.77. The summed E-state index contributed by atoms with van der Waals surface area (Å²) in [5, 5.41) is 21.4. The van der Waals surface area contributed by atoms with E-state index in [4.69, 9.17) is 9.47 Å². The fourth-order valence-corrected chi connectivity index (χ4v) is 9.85. The number of phenolic OH excluding ortho intramolecular Hbond substituents is 2. The second-order valence-corrected chi connectivity index (χ2v) is 25.3. The van der Waals surface area contributed by atoms with Gasteiger partial charge >= 0.3 is 11.9 Å². The largest absolute Gasteiger partial charge is 0.507 e. The number of unbranched alkanes of at least 4 members (excludes halogenated alkanes) is 30. The Morgan fingerprint density at radius 3 is 0.849 bits per heavy atom. The highest BCUT2D eigenvalue weighted by Crippen LogP contribution is 2.41. The molecule has 6 nitrogen and oxygen atoms in total. The molecule has 2 aromatic carbocycles. The molecule has 2 aromatic rings. The maximum atomic E-state index is 12.8. The van der Waals surface area contributed by atoms with Gasteiger partial charge in [-0.15, -0.1) is 0 Å². The van der Waals surface area contributed by atoms with Crippen LogP contribution in [0.1, 0.15) is 341 Å². The van der Waals surface area contributed by atoms with Gasteiger partial charge < -0.3 is 19.7 Å². The van der Waals surface area contributed by atoms with Crippen LogP contribution in [-0.2, 0) is 35.3 Å². The van der Waals surface area contributed by atoms with Crippen molar-refractivity contribution in [2.75, 3.05) is 13.2 Å². The van der Waals surface area contributed by atoms with E-state index in [0.29, 0.717) is 24.7 Å². The summed E-state index contributed by atoms with van der Waals surface area (Å²) in [4.78, 5) is 25.4. The molecule has 0 aliphatic rings. The lowest BCUT2D eigenvalue weighted by Crippen LogP contribution is -2.20. The number of hydrogen-bond donors (Lipinski definition) is 2. The van der Waals surface area contributed by atoms with Crippen LogP contribution < -0.4 is 0 Å². The highest BCUT2D eigenvalue weighted by Gasteiger charge is 2.29. The lowest BCUT2D eigenvalue weighted by molar-refractivity contribution is -0.146. The first kappa shape index (κ1) is 68.0. The molecule has 0 radical (unpaired) electrons. The van der Waals surface area contributed by atoms with Gasteiger partial charge in [0.2, 0.25) is 0 Å². The number of phenols is 2. The number of hydrogen-bond acceptors (Lipinski definition) is 6. The number of esters is 2.